The smallest absolute Gasteiger partial charge is 0.545 e. The summed E-state index contributed by atoms with van der Waals surface area (Å²) in [7, 11) is 0. The summed E-state index contributed by atoms with van der Waals surface area (Å²) in [5.41, 5.74) is -8.23. The van der Waals surface area contributed by atoms with Crippen LogP contribution in [0.25, 0.3) is 0 Å². The first-order valence-electron chi connectivity index (χ1n) is 8.58. The Bertz CT molecular complexity index is 1090. The molecule has 4 radical (unpaired) electrons. The maximum absolute atomic E-state index is 10.6. The van der Waals surface area contributed by atoms with Crippen LogP contribution in [-0.2, 0) is 166 Å². The molecule has 2 aromatic carbocycles. The minimum atomic E-state index is -2.00. The summed E-state index contributed by atoms with van der Waals surface area (Å²) in [5.74, 6) is -16.0. The molecule has 2 aromatic rings. The maximum atomic E-state index is 10.6. The van der Waals surface area contributed by atoms with Gasteiger partial charge in [0.05, 0.1) is 47.8 Å². The second-order valence-corrected chi connectivity index (χ2v) is 6.19. The summed E-state index contributed by atoms with van der Waals surface area (Å²) in [5, 5.41) is 84.8. The van der Waals surface area contributed by atoms with Crippen LogP contribution < -0.4 is 40.9 Å². The van der Waals surface area contributed by atoms with Crippen molar-refractivity contribution in [2.75, 3.05) is 0 Å². The predicted molar refractivity (Wildman–Crippen MR) is 190 cm³/mol. The third-order valence-corrected chi connectivity index (χ3v) is 4.07. The number of carboxylic acid groups (broad SMARTS) is 8. The van der Waals surface area contributed by atoms with Gasteiger partial charge in [0.25, 0.3) is 0 Å². The molecule has 0 saturated carbocycles. The van der Waals surface area contributed by atoms with E-state index >= 15 is 0 Å². The summed E-state index contributed by atoms with van der Waals surface area (Å²) in [6.07, 6.45) is 0. The van der Waals surface area contributed by atoms with E-state index in [0.29, 0.717) is 24.3 Å². The maximum Gasteiger partial charge on any atom is 2.00 e. The van der Waals surface area contributed by atoms with E-state index in [2.05, 4.69) is 0 Å². The molecule has 0 saturated heterocycles. The van der Waals surface area contributed by atoms with E-state index in [-0.39, 0.29) is 188 Å². The van der Waals surface area contributed by atoms with Crippen molar-refractivity contribution in [1.82, 2.24) is 0 Å². The van der Waals surface area contributed by atoms with Gasteiger partial charge >= 0.3 is 67.1 Å². The van der Waals surface area contributed by atoms with Gasteiger partial charge in [0, 0.05) is 44.5 Å². The van der Waals surface area contributed by atoms with E-state index in [9.17, 15) is 79.2 Å². The summed E-state index contributed by atoms with van der Waals surface area (Å²) in [6, 6.07) is 1.23. The normalized spacial score (nSPS) is 5.68. The molecular weight excluding hydrogens is 1080 g/mol. The molecule has 0 spiro atoms. The molecule has 0 aliphatic heterocycles. The predicted octanol–water partition coefficient (Wildman–Crippen LogP) is -29.6. The molecular formula is C20H66Co4O38+18. The molecule has 0 aliphatic carbocycles. The van der Waals surface area contributed by atoms with Gasteiger partial charge in [0.2, 0.25) is 0 Å². The average molecular weight is 1150 g/mol. The number of rotatable bonds is 8. The summed E-state index contributed by atoms with van der Waals surface area (Å²) in [6.45, 7) is 0. The zero-order valence-electron chi connectivity index (χ0n) is 30.6. The summed E-state index contributed by atoms with van der Waals surface area (Å²) < 4.78 is 0. The van der Waals surface area contributed by atoms with Gasteiger partial charge in [0.15, 0.2) is 0 Å². The molecule has 62 heavy (non-hydrogen) atoms. The molecule has 2 rings (SSSR count). The minimum absolute atomic E-state index is 0. The van der Waals surface area contributed by atoms with Crippen LogP contribution in [0.15, 0.2) is 24.3 Å². The van der Waals surface area contributed by atoms with Crippen LogP contribution in [0, 0.1) is 0 Å². The molecule has 0 bridgehead atoms. The molecule has 0 unspecified atom stereocenters. The SMILES string of the molecule is O.O.O.O.O=C([O-])c1cc(C(=O)[O-])c(C(=O)[O-])cc1C(=O)[O-].O=C([O-])c1cc(C(=O)[O-])c(C(=O)[O-])cc1C(=O)[O-].[Co+2].[Co+2].[Co+2].[Co+2].[OH3+].[OH3+].[OH3+].[OH3+].[OH3+].[OH3+].[OH3+].[OH3+].[OH3+].[OH3+].[OH3+].[OH3+].[OH3+].[OH3+].[OH3+].[OH3+].[OH3+].[OH3+]. The van der Waals surface area contributed by atoms with Gasteiger partial charge in [0.1, 0.15) is 0 Å². The van der Waals surface area contributed by atoms with Crippen LogP contribution >= 0.6 is 0 Å². The Labute approximate surface area is 382 Å². The Morgan fingerprint density at radius 1 is 0.210 bits per heavy atom. The Kier molecular flexibility index (Phi) is 230. The fourth-order valence-corrected chi connectivity index (χ4v) is 2.55. The van der Waals surface area contributed by atoms with Crippen molar-refractivity contribution < 1.29 is 267 Å². The Morgan fingerprint density at radius 2 is 0.258 bits per heavy atom. The van der Waals surface area contributed by atoms with Crippen molar-refractivity contribution >= 4 is 47.8 Å². The molecule has 392 valence electrons. The quantitative estimate of drug-likeness (QED) is 0.222. The van der Waals surface area contributed by atoms with E-state index in [4.69, 9.17) is 0 Å². The fourth-order valence-electron chi connectivity index (χ4n) is 2.55. The first-order chi connectivity index (χ1) is 16.5. The van der Waals surface area contributed by atoms with Crippen LogP contribution in [0.3, 0.4) is 0 Å². The third-order valence-electron chi connectivity index (χ3n) is 4.07. The molecule has 0 aromatic heterocycles. The van der Waals surface area contributed by atoms with Gasteiger partial charge < -0.3 is 200 Å². The van der Waals surface area contributed by atoms with Crippen molar-refractivity contribution in [3.8, 4) is 0 Å². The van der Waals surface area contributed by atoms with E-state index in [1.807, 2.05) is 0 Å². The van der Waals surface area contributed by atoms with Crippen LogP contribution in [0.5, 0.6) is 0 Å². The van der Waals surface area contributed by atoms with Gasteiger partial charge in [-0.15, -0.1) is 0 Å². The largest absolute Gasteiger partial charge is 2.00 e. The van der Waals surface area contributed by atoms with Crippen molar-refractivity contribution in [2.24, 2.45) is 0 Å². The van der Waals surface area contributed by atoms with Crippen LogP contribution in [0.1, 0.15) is 82.9 Å². The molecule has 38 nitrogen and oxygen atoms in total. The van der Waals surface area contributed by atoms with E-state index in [1.165, 1.54) is 0 Å². The van der Waals surface area contributed by atoms with Crippen molar-refractivity contribution in [2.45, 2.75) is 0 Å². The Balaban J connectivity index is -0.0000000123. The van der Waals surface area contributed by atoms with Crippen molar-refractivity contribution in [3.05, 3.63) is 68.8 Å². The van der Waals surface area contributed by atoms with Gasteiger partial charge in [-0.3, -0.25) is 0 Å². The molecule has 0 amide bonds. The molecule has 0 atom stereocenters. The monoisotopic (exact) mass is 1150 g/mol. The Hall–Kier alpha value is -4.65. The first-order valence-corrected chi connectivity index (χ1v) is 8.58. The molecule has 62 N–H and O–H groups in total. The van der Waals surface area contributed by atoms with E-state index in [0.717, 1.165) is 0 Å². The van der Waals surface area contributed by atoms with E-state index in [1.54, 1.807) is 0 Å². The minimum Gasteiger partial charge on any atom is -0.545 e. The molecule has 0 heterocycles. The van der Waals surface area contributed by atoms with E-state index < -0.39 is 92.3 Å². The zero-order valence-corrected chi connectivity index (χ0v) is 34.7. The summed E-state index contributed by atoms with van der Waals surface area (Å²) >= 11 is 0. The van der Waals surface area contributed by atoms with Crippen LogP contribution in [-0.4, -0.2) is 69.7 Å². The Morgan fingerprint density at radius 3 is 0.290 bits per heavy atom. The number of carbonyl (C=O) groups excluding carboxylic acids is 8. The molecule has 42 heteroatoms. The number of hydrogen-bond acceptors (Lipinski definition) is 16. The van der Waals surface area contributed by atoms with Gasteiger partial charge in [-0.2, -0.15) is 0 Å². The average Bonchev–Trinajstić information content (AvgIpc) is 2.76. The number of aromatic carboxylic acids is 8. The third kappa shape index (κ3) is 46.4. The van der Waals surface area contributed by atoms with Crippen molar-refractivity contribution in [3.63, 3.8) is 0 Å². The van der Waals surface area contributed by atoms with Gasteiger partial charge in [-0.1, -0.05) is 0 Å². The number of benzene rings is 2. The second kappa shape index (κ2) is 77.0. The first kappa shape index (κ1) is 185. The number of carbonyl (C=O) groups is 8. The second-order valence-electron chi connectivity index (χ2n) is 6.19. The number of hydrogen-bond donors (Lipinski definition) is 0. The van der Waals surface area contributed by atoms with Crippen LogP contribution in [0.2, 0.25) is 0 Å². The standard InChI is InChI=1S/2C10H6O8.4Co.22H2O/c2*11-7(12)3-1-4(8(13)14)6(10(17)18)2-5(3)9(15)16;;;;;;;;;;;;;;;;;;;;;;;;;;/h2*1-2H,(H,11,12)(H,13,14)(H,15,16)(H,17,18);;;;;22*1H2/q;;4*+2;;;;;;;;;;;;;;;;;;;;;;/p+10. The fraction of sp³-hybridized carbons (Fsp3) is 0. The van der Waals surface area contributed by atoms with Crippen molar-refractivity contribution in [1.29, 1.82) is 0 Å². The van der Waals surface area contributed by atoms with Crippen LogP contribution in [0.4, 0.5) is 0 Å². The molecule has 0 fully saturated rings. The topological polar surface area (TPSA) is 1040 Å². The zero-order chi connectivity index (χ0) is 28.1. The van der Waals surface area contributed by atoms with Gasteiger partial charge in [-0.25, -0.2) is 0 Å². The molecule has 0 aliphatic rings. The van der Waals surface area contributed by atoms with Gasteiger partial charge in [-0.05, 0) is 24.3 Å². The number of carboxylic acids is 8. The summed E-state index contributed by atoms with van der Waals surface area (Å²) in [4.78, 5) is 84.8.